The van der Waals surface area contributed by atoms with Gasteiger partial charge in [0.25, 0.3) is 0 Å². The zero-order valence-corrected chi connectivity index (χ0v) is 16.5. The summed E-state index contributed by atoms with van der Waals surface area (Å²) in [4.78, 5) is 17.1. The average Bonchev–Trinajstić information content (AvgIpc) is 3.02. The highest BCUT2D eigenvalue weighted by Crippen LogP contribution is 2.19. The van der Waals surface area contributed by atoms with Gasteiger partial charge in [-0.25, -0.2) is 4.98 Å². The lowest BCUT2D eigenvalue weighted by atomic mass is 10.0. The van der Waals surface area contributed by atoms with Gasteiger partial charge in [-0.05, 0) is 37.5 Å². The van der Waals surface area contributed by atoms with Gasteiger partial charge in [0.05, 0.1) is 11.0 Å². The van der Waals surface area contributed by atoms with Crippen molar-refractivity contribution < 1.29 is 4.79 Å². The van der Waals surface area contributed by atoms with E-state index >= 15 is 0 Å². The Morgan fingerprint density at radius 2 is 1.78 bits per heavy atom. The summed E-state index contributed by atoms with van der Waals surface area (Å²) in [5.74, 6) is 1.28. The Bertz CT molecular complexity index is 892. The number of hydrogen-bond acceptors (Lipinski definition) is 2. The third-order valence-electron chi connectivity index (χ3n) is 5.20. The predicted octanol–water partition coefficient (Wildman–Crippen LogP) is 4.49. The zero-order chi connectivity index (χ0) is 19.2. The van der Waals surface area contributed by atoms with Gasteiger partial charge in [0.1, 0.15) is 5.82 Å². The summed E-state index contributed by atoms with van der Waals surface area (Å²) in [6.45, 7) is 7.64. The maximum atomic E-state index is 12.2. The number of imidazole rings is 1. The van der Waals surface area contributed by atoms with E-state index in [4.69, 9.17) is 4.98 Å². The monoisotopic (exact) mass is 363 g/mol. The van der Waals surface area contributed by atoms with Gasteiger partial charge >= 0.3 is 0 Å². The minimum Gasteiger partial charge on any atom is -0.355 e. The third kappa shape index (κ3) is 4.57. The molecule has 1 N–H and O–H groups in total. The second-order valence-electron chi connectivity index (χ2n) is 7.14. The van der Waals surface area contributed by atoms with Crippen molar-refractivity contribution in [2.24, 2.45) is 5.92 Å². The number of para-hydroxylation sites is 2. The summed E-state index contributed by atoms with van der Waals surface area (Å²) in [6, 6.07) is 16.9. The van der Waals surface area contributed by atoms with E-state index in [-0.39, 0.29) is 11.8 Å². The highest BCUT2D eigenvalue weighted by Gasteiger charge is 2.15. The quantitative estimate of drug-likeness (QED) is 0.641. The first kappa shape index (κ1) is 19.2. The second kappa shape index (κ2) is 8.85. The maximum Gasteiger partial charge on any atom is 0.223 e. The Hall–Kier alpha value is -2.62. The van der Waals surface area contributed by atoms with Gasteiger partial charge in [0.2, 0.25) is 5.91 Å². The van der Waals surface area contributed by atoms with Crippen LogP contribution in [0.4, 0.5) is 0 Å². The number of benzene rings is 2. The summed E-state index contributed by atoms with van der Waals surface area (Å²) >= 11 is 0. The molecular weight excluding hydrogens is 334 g/mol. The first-order valence-corrected chi connectivity index (χ1v) is 9.89. The van der Waals surface area contributed by atoms with E-state index in [0.29, 0.717) is 6.54 Å². The molecule has 0 saturated carbocycles. The van der Waals surface area contributed by atoms with E-state index in [1.165, 1.54) is 11.1 Å². The van der Waals surface area contributed by atoms with Crippen LogP contribution in [0.25, 0.3) is 11.0 Å². The second-order valence-corrected chi connectivity index (χ2v) is 7.14. The molecule has 3 rings (SSSR count). The highest BCUT2D eigenvalue weighted by molar-refractivity contribution is 5.78. The fourth-order valence-electron chi connectivity index (χ4n) is 3.47. The van der Waals surface area contributed by atoms with E-state index in [0.717, 1.165) is 42.7 Å². The number of nitrogens with one attached hydrogen (secondary N) is 1. The van der Waals surface area contributed by atoms with Crippen molar-refractivity contribution in [1.29, 1.82) is 0 Å². The lowest BCUT2D eigenvalue weighted by Crippen LogP contribution is -2.32. The molecule has 0 aliphatic heterocycles. The Morgan fingerprint density at radius 3 is 2.48 bits per heavy atom. The van der Waals surface area contributed by atoms with E-state index < -0.39 is 0 Å². The molecule has 3 aromatic rings. The van der Waals surface area contributed by atoms with Crippen LogP contribution in [0.5, 0.6) is 0 Å². The standard InChI is InChI=1S/C23H29N3O/c1-4-19(5-2)23(27)24-15-14-22-25-20-8-6-7-9-21(20)26(22)16-18-12-10-17(3)11-13-18/h6-13,19H,4-5,14-16H2,1-3H3,(H,24,27). The number of aryl methyl sites for hydroxylation is 1. The first-order valence-electron chi connectivity index (χ1n) is 9.89. The van der Waals surface area contributed by atoms with E-state index in [2.05, 4.69) is 61.0 Å². The topological polar surface area (TPSA) is 46.9 Å². The number of nitrogens with zero attached hydrogens (tertiary/aromatic N) is 2. The van der Waals surface area contributed by atoms with Gasteiger partial charge in [0, 0.05) is 25.4 Å². The summed E-state index contributed by atoms with van der Waals surface area (Å²) in [7, 11) is 0. The average molecular weight is 364 g/mol. The summed E-state index contributed by atoms with van der Waals surface area (Å²) in [6.07, 6.45) is 2.50. The van der Waals surface area contributed by atoms with Crippen LogP contribution in [0.1, 0.15) is 43.6 Å². The number of fused-ring (bicyclic) bond motifs is 1. The van der Waals surface area contributed by atoms with Crippen LogP contribution in [0.2, 0.25) is 0 Å². The van der Waals surface area contributed by atoms with Crippen LogP contribution in [0.3, 0.4) is 0 Å². The Balaban J connectivity index is 1.78. The molecule has 4 heteroatoms. The van der Waals surface area contributed by atoms with Gasteiger partial charge in [-0.1, -0.05) is 55.8 Å². The Morgan fingerprint density at radius 1 is 1.07 bits per heavy atom. The fraction of sp³-hybridized carbons (Fsp3) is 0.391. The number of carbonyl (C=O) groups excluding carboxylic acids is 1. The number of carbonyl (C=O) groups is 1. The van der Waals surface area contributed by atoms with Crippen LogP contribution >= 0.6 is 0 Å². The van der Waals surface area contributed by atoms with Gasteiger partial charge in [0.15, 0.2) is 0 Å². The minimum atomic E-state index is 0.108. The van der Waals surface area contributed by atoms with Crippen molar-refractivity contribution in [1.82, 2.24) is 14.9 Å². The minimum absolute atomic E-state index is 0.108. The van der Waals surface area contributed by atoms with E-state index in [9.17, 15) is 4.79 Å². The number of rotatable bonds is 8. The first-order chi connectivity index (χ1) is 13.1. The van der Waals surface area contributed by atoms with Crippen molar-refractivity contribution in [3.63, 3.8) is 0 Å². The van der Waals surface area contributed by atoms with Gasteiger partial charge in [-0.2, -0.15) is 0 Å². The van der Waals surface area contributed by atoms with Gasteiger partial charge < -0.3 is 9.88 Å². The molecule has 0 spiro atoms. The van der Waals surface area contributed by atoms with Gasteiger partial charge in [-0.3, -0.25) is 4.79 Å². The SMILES string of the molecule is CCC(CC)C(=O)NCCc1nc2ccccc2n1Cc1ccc(C)cc1. The largest absolute Gasteiger partial charge is 0.355 e. The molecule has 4 nitrogen and oxygen atoms in total. The molecule has 0 bridgehead atoms. The van der Waals surface area contributed by atoms with E-state index in [1.54, 1.807) is 0 Å². The third-order valence-corrected chi connectivity index (χ3v) is 5.20. The zero-order valence-electron chi connectivity index (χ0n) is 16.5. The van der Waals surface area contributed by atoms with Crippen LogP contribution in [0, 0.1) is 12.8 Å². The number of amides is 1. The normalized spacial score (nSPS) is 11.3. The van der Waals surface area contributed by atoms with Crippen molar-refractivity contribution in [2.75, 3.05) is 6.54 Å². The number of aromatic nitrogens is 2. The summed E-state index contributed by atoms with van der Waals surface area (Å²) < 4.78 is 2.27. The molecular formula is C23H29N3O. The molecule has 0 saturated heterocycles. The van der Waals surface area contributed by atoms with Crippen LogP contribution in [0.15, 0.2) is 48.5 Å². The van der Waals surface area contributed by atoms with Crippen molar-refractivity contribution in [2.45, 2.75) is 46.6 Å². The lowest BCUT2D eigenvalue weighted by molar-refractivity contribution is -0.125. The predicted molar refractivity (Wildman–Crippen MR) is 111 cm³/mol. The van der Waals surface area contributed by atoms with Crippen LogP contribution < -0.4 is 5.32 Å². The molecule has 142 valence electrons. The summed E-state index contributed by atoms with van der Waals surface area (Å²) in [5, 5.41) is 3.08. The Kier molecular flexibility index (Phi) is 6.28. The van der Waals surface area contributed by atoms with Crippen molar-refractivity contribution in [3.8, 4) is 0 Å². The molecule has 27 heavy (non-hydrogen) atoms. The smallest absolute Gasteiger partial charge is 0.223 e. The molecule has 1 amide bonds. The van der Waals surface area contributed by atoms with Crippen LogP contribution in [-0.4, -0.2) is 22.0 Å². The Labute approximate surface area is 161 Å². The molecule has 1 heterocycles. The number of hydrogen-bond donors (Lipinski definition) is 1. The van der Waals surface area contributed by atoms with Crippen molar-refractivity contribution in [3.05, 3.63) is 65.5 Å². The van der Waals surface area contributed by atoms with Crippen LogP contribution in [-0.2, 0) is 17.8 Å². The molecule has 1 aromatic heterocycles. The molecule has 0 aliphatic rings. The van der Waals surface area contributed by atoms with E-state index in [1.807, 2.05) is 18.2 Å². The molecule has 0 radical (unpaired) electrons. The van der Waals surface area contributed by atoms with Gasteiger partial charge in [-0.15, -0.1) is 0 Å². The lowest BCUT2D eigenvalue weighted by Gasteiger charge is -2.13. The molecule has 0 fully saturated rings. The maximum absolute atomic E-state index is 12.2. The summed E-state index contributed by atoms with van der Waals surface area (Å²) in [5.41, 5.74) is 4.66. The molecule has 0 aliphatic carbocycles. The molecule has 0 unspecified atom stereocenters. The fourth-order valence-corrected chi connectivity index (χ4v) is 3.47. The highest BCUT2D eigenvalue weighted by atomic mass is 16.1. The molecule has 0 atom stereocenters. The molecule has 2 aromatic carbocycles. The van der Waals surface area contributed by atoms with Crippen molar-refractivity contribution >= 4 is 16.9 Å².